The first-order valence-electron chi connectivity index (χ1n) is 5.30. The molecule has 1 aromatic carbocycles. The standard InChI is InChI=1S/C10H7BrFN3O3S/c1-2-19-10-13-6-3(9(16)14-10)7-8(18-15-17-7)4(11)5(6)12/h15H,2H2,1H3,(H,13,14,16). The van der Waals surface area contributed by atoms with E-state index in [2.05, 4.69) is 31.5 Å². The van der Waals surface area contributed by atoms with Crippen molar-refractivity contribution in [2.45, 2.75) is 12.1 Å². The molecule has 100 valence electrons. The van der Waals surface area contributed by atoms with Gasteiger partial charge in [0, 0.05) is 5.64 Å². The molecule has 0 spiro atoms. The second kappa shape index (κ2) is 4.66. The Balaban J connectivity index is 2.41. The Bertz CT molecular complexity index is 736. The van der Waals surface area contributed by atoms with Crippen molar-refractivity contribution in [3.05, 3.63) is 20.6 Å². The van der Waals surface area contributed by atoms with Crippen LogP contribution in [0.25, 0.3) is 10.9 Å². The lowest BCUT2D eigenvalue weighted by Gasteiger charge is -2.06. The summed E-state index contributed by atoms with van der Waals surface area (Å²) < 4.78 is 14.3. The van der Waals surface area contributed by atoms with E-state index in [-0.39, 0.29) is 26.9 Å². The smallest absolute Gasteiger partial charge is 0.263 e. The van der Waals surface area contributed by atoms with Gasteiger partial charge in [-0.25, -0.2) is 9.37 Å². The van der Waals surface area contributed by atoms with Crippen LogP contribution in [0.1, 0.15) is 6.92 Å². The molecule has 19 heavy (non-hydrogen) atoms. The van der Waals surface area contributed by atoms with Crippen LogP contribution in [-0.2, 0) is 0 Å². The topological polar surface area (TPSA) is 76.2 Å². The van der Waals surface area contributed by atoms with Crippen LogP contribution in [-0.4, -0.2) is 15.7 Å². The van der Waals surface area contributed by atoms with E-state index in [0.29, 0.717) is 10.9 Å². The van der Waals surface area contributed by atoms with E-state index in [9.17, 15) is 9.18 Å². The molecule has 2 aromatic rings. The lowest BCUT2D eigenvalue weighted by atomic mass is 10.2. The number of rotatable bonds is 2. The van der Waals surface area contributed by atoms with Crippen molar-refractivity contribution in [2.75, 3.05) is 5.75 Å². The Labute approximate surface area is 118 Å². The monoisotopic (exact) mass is 347 g/mol. The predicted molar refractivity (Wildman–Crippen MR) is 70.8 cm³/mol. The van der Waals surface area contributed by atoms with Gasteiger partial charge in [-0.05, 0) is 21.7 Å². The summed E-state index contributed by atoms with van der Waals surface area (Å²) >= 11 is 4.38. The minimum atomic E-state index is -0.662. The third kappa shape index (κ3) is 1.88. The number of hydrogen-bond acceptors (Lipinski definition) is 6. The highest BCUT2D eigenvalue weighted by Gasteiger charge is 2.29. The zero-order valence-electron chi connectivity index (χ0n) is 9.54. The maximum absolute atomic E-state index is 14.2. The lowest BCUT2D eigenvalue weighted by molar-refractivity contribution is 0.0262. The fourth-order valence-corrected chi connectivity index (χ4v) is 2.78. The first kappa shape index (κ1) is 12.7. The molecule has 0 aliphatic carbocycles. The van der Waals surface area contributed by atoms with Crippen molar-refractivity contribution < 1.29 is 14.1 Å². The molecule has 0 radical (unpaired) electrons. The van der Waals surface area contributed by atoms with Gasteiger partial charge in [-0.2, -0.15) is 0 Å². The van der Waals surface area contributed by atoms with Crippen molar-refractivity contribution in [1.82, 2.24) is 15.6 Å². The summed E-state index contributed by atoms with van der Waals surface area (Å²) in [7, 11) is 0. The van der Waals surface area contributed by atoms with Crippen LogP contribution < -0.4 is 20.9 Å². The van der Waals surface area contributed by atoms with Crippen molar-refractivity contribution in [2.24, 2.45) is 0 Å². The van der Waals surface area contributed by atoms with Crippen molar-refractivity contribution in [3.8, 4) is 11.5 Å². The zero-order chi connectivity index (χ0) is 13.6. The third-order valence-corrected chi connectivity index (χ3v) is 3.96. The van der Waals surface area contributed by atoms with Crippen molar-refractivity contribution in [3.63, 3.8) is 0 Å². The number of H-pyrrole nitrogens is 1. The van der Waals surface area contributed by atoms with Gasteiger partial charge in [0.15, 0.2) is 11.0 Å². The van der Waals surface area contributed by atoms with E-state index >= 15 is 0 Å². The first-order valence-corrected chi connectivity index (χ1v) is 7.07. The Morgan fingerprint density at radius 3 is 2.89 bits per heavy atom. The van der Waals surface area contributed by atoms with Crippen LogP contribution >= 0.6 is 27.7 Å². The summed E-state index contributed by atoms with van der Waals surface area (Å²) in [5.74, 6) is 0.256. The molecule has 1 aliphatic rings. The molecule has 0 amide bonds. The summed E-state index contributed by atoms with van der Waals surface area (Å²) in [5.41, 5.74) is 1.60. The molecule has 1 aliphatic heterocycles. The molecule has 3 rings (SSSR count). The fourth-order valence-electron chi connectivity index (χ4n) is 1.74. The van der Waals surface area contributed by atoms with E-state index in [1.165, 1.54) is 11.8 Å². The molecule has 0 fully saturated rings. The number of hydrogen-bond donors (Lipinski definition) is 2. The van der Waals surface area contributed by atoms with Gasteiger partial charge in [0.25, 0.3) is 5.56 Å². The highest BCUT2D eigenvalue weighted by Crippen LogP contribution is 2.44. The van der Waals surface area contributed by atoms with Gasteiger partial charge in [0.2, 0.25) is 11.5 Å². The second-order valence-electron chi connectivity index (χ2n) is 3.60. The molecule has 0 unspecified atom stereocenters. The van der Waals surface area contributed by atoms with Crippen LogP contribution in [0.4, 0.5) is 4.39 Å². The molecule has 2 heterocycles. The van der Waals surface area contributed by atoms with Gasteiger partial charge in [0.05, 0.1) is 0 Å². The van der Waals surface area contributed by atoms with Crippen LogP contribution in [0.15, 0.2) is 14.4 Å². The van der Waals surface area contributed by atoms with Crippen LogP contribution in [0, 0.1) is 5.82 Å². The number of nitrogens with one attached hydrogen (secondary N) is 2. The first-order chi connectivity index (χ1) is 9.13. The highest BCUT2D eigenvalue weighted by molar-refractivity contribution is 9.10. The van der Waals surface area contributed by atoms with Gasteiger partial charge in [0.1, 0.15) is 15.4 Å². The molecule has 1 aromatic heterocycles. The lowest BCUT2D eigenvalue weighted by Crippen LogP contribution is -2.15. The van der Waals surface area contributed by atoms with Crippen LogP contribution in [0.3, 0.4) is 0 Å². The van der Waals surface area contributed by atoms with Gasteiger partial charge in [-0.1, -0.05) is 18.7 Å². The average Bonchev–Trinajstić information content (AvgIpc) is 2.85. The number of aromatic amines is 1. The van der Waals surface area contributed by atoms with Crippen molar-refractivity contribution in [1.29, 1.82) is 0 Å². The van der Waals surface area contributed by atoms with Gasteiger partial charge < -0.3 is 14.7 Å². The fraction of sp³-hybridized carbons (Fsp3) is 0.200. The van der Waals surface area contributed by atoms with Gasteiger partial charge in [-0.3, -0.25) is 4.79 Å². The summed E-state index contributed by atoms with van der Waals surface area (Å²) in [6.45, 7) is 1.91. The minimum absolute atomic E-state index is 0.0150. The molecule has 0 bridgehead atoms. The molecule has 0 saturated heterocycles. The number of aromatic nitrogens is 2. The van der Waals surface area contributed by atoms with E-state index in [4.69, 9.17) is 9.68 Å². The third-order valence-electron chi connectivity index (χ3n) is 2.50. The molecule has 2 N–H and O–H groups in total. The highest BCUT2D eigenvalue weighted by atomic mass is 79.9. The molecule has 9 heteroatoms. The number of nitrogens with zero attached hydrogens (tertiary/aromatic N) is 1. The molecular formula is C10H7BrFN3O3S. The second-order valence-corrected chi connectivity index (χ2v) is 5.65. The van der Waals surface area contributed by atoms with Gasteiger partial charge >= 0.3 is 0 Å². The average molecular weight is 348 g/mol. The summed E-state index contributed by atoms with van der Waals surface area (Å²) in [5, 5.41) is 0.374. The molecule has 0 saturated carbocycles. The predicted octanol–water partition coefficient (Wildman–Crippen LogP) is 2.13. The van der Waals surface area contributed by atoms with Crippen molar-refractivity contribution >= 4 is 38.6 Å². The number of benzene rings is 1. The zero-order valence-corrected chi connectivity index (χ0v) is 11.9. The van der Waals surface area contributed by atoms with Gasteiger partial charge in [-0.15, -0.1) is 0 Å². The number of thioether (sulfide) groups is 1. The van der Waals surface area contributed by atoms with E-state index in [1.54, 1.807) is 0 Å². The molecule has 0 atom stereocenters. The van der Waals surface area contributed by atoms with E-state index in [1.807, 2.05) is 6.92 Å². The Kier molecular flexibility index (Phi) is 3.11. The van der Waals surface area contributed by atoms with Crippen LogP contribution in [0.2, 0.25) is 0 Å². The molecule has 6 nitrogen and oxygen atoms in total. The largest absolute Gasteiger partial charge is 0.369 e. The number of fused-ring (bicyclic) bond motifs is 3. The minimum Gasteiger partial charge on any atom is -0.369 e. The van der Waals surface area contributed by atoms with E-state index < -0.39 is 11.4 Å². The quantitative estimate of drug-likeness (QED) is 0.640. The molecular weight excluding hydrogens is 341 g/mol. The number of halogens is 2. The maximum atomic E-state index is 14.2. The summed E-state index contributed by atoms with van der Waals surface area (Å²) in [6, 6.07) is 0. The summed E-state index contributed by atoms with van der Waals surface area (Å²) in [6.07, 6.45) is 0. The SMILES string of the molecule is CCSc1nc2c(F)c(Br)c3c(c2c(=O)[nH]1)ONO3. The summed E-state index contributed by atoms with van der Waals surface area (Å²) in [4.78, 5) is 28.6. The Morgan fingerprint density at radius 2 is 2.16 bits per heavy atom. The Hall–Kier alpha value is -1.32. The van der Waals surface area contributed by atoms with Crippen LogP contribution in [0.5, 0.6) is 11.5 Å². The Morgan fingerprint density at radius 1 is 1.42 bits per heavy atom. The van der Waals surface area contributed by atoms with E-state index in [0.717, 1.165) is 0 Å². The normalized spacial score (nSPS) is 13.2. The maximum Gasteiger partial charge on any atom is 0.263 e.